The van der Waals surface area contributed by atoms with Crippen molar-refractivity contribution < 1.29 is 24.0 Å². The van der Waals surface area contributed by atoms with E-state index in [2.05, 4.69) is 10.2 Å². The number of aliphatic hydroxyl groups is 1. The Morgan fingerprint density at radius 1 is 1.05 bits per heavy atom. The maximum absolute atomic E-state index is 13.8. The summed E-state index contributed by atoms with van der Waals surface area (Å²) in [6.07, 6.45) is 0. The molecule has 1 N–H and O–H groups in total. The van der Waals surface area contributed by atoms with Gasteiger partial charge in [-0.15, -0.1) is 10.2 Å². The highest BCUT2D eigenvalue weighted by molar-refractivity contribution is 8.00. The van der Waals surface area contributed by atoms with Crippen LogP contribution in [0.25, 0.3) is 11.0 Å². The van der Waals surface area contributed by atoms with Crippen LogP contribution in [0.4, 0.5) is 10.8 Å². The number of nitro groups is 1. The van der Waals surface area contributed by atoms with Gasteiger partial charge in [0, 0.05) is 23.3 Å². The first-order valence-corrected chi connectivity index (χ1v) is 13.8. The van der Waals surface area contributed by atoms with Gasteiger partial charge in [-0.3, -0.25) is 24.6 Å². The molecule has 0 saturated heterocycles. The first kappa shape index (κ1) is 25.5. The molecule has 1 amide bonds. The predicted octanol–water partition coefficient (Wildman–Crippen LogP) is 6.27. The molecule has 0 spiro atoms. The predicted molar refractivity (Wildman–Crippen MR) is 149 cm³/mol. The molecule has 0 saturated carbocycles. The van der Waals surface area contributed by atoms with Crippen LogP contribution in [0.15, 0.2) is 105 Å². The van der Waals surface area contributed by atoms with Crippen LogP contribution in [0.1, 0.15) is 27.7 Å². The van der Waals surface area contributed by atoms with Crippen molar-refractivity contribution in [3.8, 4) is 0 Å². The Hall–Kier alpha value is -4.81. The van der Waals surface area contributed by atoms with Gasteiger partial charge >= 0.3 is 0 Å². The van der Waals surface area contributed by atoms with Gasteiger partial charge in [-0.1, -0.05) is 83.8 Å². The first-order valence-electron chi connectivity index (χ1n) is 12.0. The van der Waals surface area contributed by atoms with Gasteiger partial charge in [0.2, 0.25) is 10.9 Å². The Kier molecular flexibility index (Phi) is 6.62. The van der Waals surface area contributed by atoms with E-state index in [4.69, 9.17) is 4.42 Å². The number of Topliss-reactive ketones (excluding diaryl/α,β-unsaturated/α-hetero) is 1. The molecular formula is C28H18N4O6S2. The van der Waals surface area contributed by atoms with E-state index in [9.17, 15) is 24.8 Å². The summed E-state index contributed by atoms with van der Waals surface area (Å²) in [4.78, 5) is 39.3. The number of hydrogen-bond donors (Lipinski definition) is 1. The minimum Gasteiger partial charge on any atom is -0.503 e. The summed E-state index contributed by atoms with van der Waals surface area (Å²) in [5, 5.41) is 31.7. The molecule has 2 aromatic heterocycles. The number of carbonyl (C=O) groups excluding carboxylic acids is 2. The molecule has 0 aliphatic carbocycles. The molecule has 0 radical (unpaired) electrons. The highest BCUT2D eigenvalue weighted by Gasteiger charge is 2.47. The molecule has 1 aliphatic heterocycles. The summed E-state index contributed by atoms with van der Waals surface area (Å²) in [6, 6.07) is 22.7. The van der Waals surface area contributed by atoms with Crippen LogP contribution in [0, 0.1) is 10.1 Å². The van der Waals surface area contributed by atoms with Crippen LogP contribution in [-0.2, 0) is 10.5 Å². The minimum atomic E-state index is -1.20. The number of anilines is 1. The number of nitro benzene ring substituents is 1. The molecule has 10 nitrogen and oxygen atoms in total. The monoisotopic (exact) mass is 570 g/mol. The number of aliphatic hydroxyl groups excluding tert-OH is 1. The molecule has 0 fully saturated rings. The summed E-state index contributed by atoms with van der Waals surface area (Å²) in [6.45, 7) is 0. The van der Waals surface area contributed by atoms with Gasteiger partial charge in [-0.2, -0.15) is 0 Å². The summed E-state index contributed by atoms with van der Waals surface area (Å²) < 4.78 is 6.30. The van der Waals surface area contributed by atoms with E-state index < -0.39 is 28.4 Å². The topological polar surface area (TPSA) is 140 Å². The summed E-state index contributed by atoms with van der Waals surface area (Å²) in [7, 11) is 0. The highest BCUT2D eigenvalue weighted by atomic mass is 32.2. The van der Waals surface area contributed by atoms with Crippen molar-refractivity contribution >= 4 is 56.6 Å². The van der Waals surface area contributed by atoms with E-state index in [0.29, 0.717) is 21.1 Å². The van der Waals surface area contributed by atoms with Crippen molar-refractivity contribution in [3.05, 3.63) is 123 Å². The van der Waals surface area contributed by atoms with E-state index in [1.165, 1.54) is 36.0 Å². The quantitative estimate of drug-likeness (QED) is 0.0751. The van der Waals surface area contributed by atoms with Crippen LogP contribution in [-0.4, -0.2) is 31.9 Å². The van der Waals surface area contributed by atoms with Crippen LogP contribution in [0.5, 0.6) is 0 Å². The lowest BCUT2D eigenvalue weighted by molar-refractivity contribution is -0.384. The second-order valence-electron chi connectivity index (χ2n) is 8.79. The zero-order valence-corrected chi connectivity index (χ0v) is 22.1. The van der Waals surface area contributed by atoms with E-state index >= 15 is 0 Å². The van der Waals surface area contributed by atoms with E-state index in [-0.39, 0.29) is 27.7 Å². The van der Waals surface area contributed by atoms with Crippen LogP contribution >= 0.6 is 23.1 Å². The highest BCUT2D eigenvalue weighted by Crippen LogP contribution is 2.44. The van der Waals surface area contributed by atoms with Crippen molar-refractivity contribution in [2.75, 3.05) is 4.90 Å². The number of aromatic nitrogens is 2. The maximum Gasteiger partial charge on any atom is 0.296 e. The Balaban J connectivity index is 1.40. The molecule has 12 heteroatoms. The average molecular weight is 571 g/mol. The Morgan fingerprint density at radius 3 is 2.60 bits per heavy atom. The third-order valence-electron chi connectivity index (χ3n) is 6.31. The number of ketones is 1. The number of thioether (sulfide) groups is 1. The molecule has 6 rings (SSSR count). The largest absolute Gasteiger partial charge is 0.503 e. The molecule has 40 heavy (non-hydrogen) atoms. The number of nitrogens with zero attached hydrogens (tertiary/aromatic N) is 4. The summed E-state index contributed by atoms with van der Waals surface area (Å²) in [5.41, 5.74) is 1.29. The van der Waals surface area contributed by atoms with Gasteiger partial charge in [0.1, 0.15) is 5.58 Å². The zero-order valence-electron chi connectivity index (χ0n) is 20.5. The van der Waals surface area contributed by atoms with Crippen molar-refractivity contribution in [3.63, 3.8) is 0 Å². The third kappa shape index (κ3) is 4.63. The van der Waals surface area contributed by atoms with Gasteiger partial charge in [-0.25, -0.2) is 0 Å². The Bertz CT molecular complexity index is 1780. The number of hydrogen-bond acceptors (Lipinski definition) is 10. The number of benzene rings is 3. The molecule has 1 unspecified atom stereocenters. The van der Waals surface area contributed by atoms with Gasteiger partial charge in [0.25, 0.3) is 11.6 Å². The number of fused-ring (bicyclic) bond motifs is 1. The third-order valence-corrected chi connectivity index (χ3v) is 8.43. The van der Waals surface area contributed by atoms with Crippen molar-refractivity contribution in [2.24, 2.45) is 0 Å². The fraction of sp³-hybridized carbons (Fsp3) is 0.0714. The number of non-ortho nitro benzene ring substituents is 1. The van der Waals surface area contributed by atoms with Crippen molar-refractivity contribution in [1.82, 2.24) is 10.2 Å². The average Bonchev–Trinajstić information content (AvgIpc) is 3.69. The lowest BCUT2D eigenvalue weighted by Crippen LogP contribution is -2.31. The molecule has 3 heterocycles. The minimum absolute atomic E-state index is 0.0794. The maximum atomic E-state index is 13.8. The van der Waals surface area contributed by atoms with E-state index in [1.807, 2.05) is 30.3 Å². The van der Waals surface area contributed by atoms with Gasteiger partial charge < -0.3 is 9.52 Å². The second kappa shape index (κ2) is 10.4. The second-order valence-corrected chi connectivity index (χ2v) is 11.0. The Labute approximate surface area is 234 Å². The normalized spacial score (nSPS) is 15.2. The number of furan rings is 1. The first-order chi connectivity index (χ1) is 19.4. The van der Waals surface area contributed by atoms with Gasteiger partial charge in [-0.05, 0) is 23.3 Å². The molecule has 3 aromatic carbocycles. The molecular weight excluding hydrogens is 552 g/mol. The van der Waals surface area contributed by atoms with Gasteiger partial charge in [0.15, 0.2) is 15.9 Å². The van der Waals surface area contributed by atoms with Crippen LogP contribution in [0.2, 0.25) is 0 Å². The fourth-order valence-electron chi connectivity index (χ4n) is 4.46. The molecule has 5 aromatic rings. The summed E-state index contributed by atoms with van der Waals surface area (Å²) >= 11 is 2.54. The fourth-order valence-corrected chi connectivity index (χ4v) is 6.29. The molecule has 1 atom stereocenters. The van der Waals surface area contributed by atoms with Crippen molar-refractivity contribution in [1.29, 1.82) is 0 Å². The van der Waals surface area contributed by atoms with E-state index in [1.54, 1.807) is 30.3 Å². The zero-order chi connectivity index (χ0) is 27.8. The molecule has 1 aliphatic rings. The molecule has 198 valence electrons. The standard InChI is InChI=1S/C28H18N4O6S2/c33-24(21-14-17-9-4-5-12-20(17)38-21)22-23(18-10-6-11-19(13-18)32(36)37)31(26(35)25(22)34)27-29-30-28(40-27)39-15-16-7-2-1-3-8-16/h1-14,23,34H,15H2. The van der Waals surface area contributed by atoms with Crippen LogP contribution in [0.3, 0.4) is 0 Å². The Morgan fingerprint density at radius 2 is 1.82 bits per heavy atom. The smallest absolute Gasteiger partial charge is 0.296 e. The molecule has 0 bridgehead atoms. The number of amides is 1. The lowest BCUT2D eigenvalue weighted by atomic mass is 9.95. The lowest BCUT2D eigenvalue weighted by Gasteiger charge is -2.23. The van der Waals surface area contributed by atoms with Crippen LogP contribution < -0.4 is 4.90 Å². The SMILES string of the molecule is O=C(C1=C(O)C(=O)N(c2nnc(SCc3ccccc3)s2)C1c1cccc([N+](=O)[O-])c1)c1cc2ccccc2o1. The number of para-hydroxylation sites is 1. The summed E-state index contributed by atoms with van der Waals surface area (Å²) in [5.74, 6) is -1.83. The number of carbonyl (C=O) groups is 2. The van der Waals surface area contributed by atoms with Gasteiger partial charge in [0.05, 0.1) is 16.5 Å². The van der Waals surface area contributed by atoms with E-state index in [0.717, 1.165) is 21.8 Å². The number of rotatable bonds is 8. The van der Waals surface area contributed by atoms with Crippen molar-refractivity contribution in [2.45, 2.75) is 16.1 Å².